The van der Waals surface area contributed by atoms with Crippen molar-refractivity contribution in [3.63, 3.8) is 0 Å². The molecule has 5 aromatic rings. The molecule has 0 fully saturated rings. The Bertz CT molecular complexity index is 1520. The predicted molar refractivity (Wildman–Crippen MR) is 128 cm³/mol. The lowest BCUT2D eigenvalue weighted by Gasteiger charge is -2.18. The van der Waals surface area contributed by atoms with Crippen molar-refractivity contribution < 1.29 is 0 Å². The van der Waals surface area contributed by atoms with Crippen LogP contribution in [0.15, 0.2) is 83.9 Å². The molecule has 1 aromatic heterocycles. The SMILES string of the molecule is CC1CN=C(C#N)C=C1c1cccc(-c2cc3ccc4cccc5ccc(c2)c3c45)n1. The van der Waals surface area contributed by atoms with Gasteiger partial charge in [-0.05, 0) is 68.2 Å². The number of aromatic nitrogens is 1. The Morgan fingerprint density at radius 2 is 1.42 bits per heavy atom. The number of hydrogen-bond donors (Lipinski definition) is 0. The first-order valence-electron chi connectivity index (χ1n) is 10.5. The molecule has 1 aliphatic heterocycles. The summed E-state index contributed by atoms with van der Waals surface area (Å²) in [7, 11) is 0. The average Bonchev–Trinajstić information content (AvgIpc) is 2.83. The highest BCUT2D eigenvalue weighted by Crippen LogP contribution is 2.37. The second-order valence-electron chi connectivity index (χ2n) is 8.25. The Labute approximate surface area is 180 Å². The minimum Gasteiger partial charge on any atom is -0.274 e. The van der Waals surface area contributed by atoms with Crippen LogP contribution < -0.4 is 0 Å². The predicted octanol–water partition coefficient (Wildman–Crippen LogP) is 6.64. The Morgan fingerprint density at radius 3 is 2.13 bits per heavy atom. The summed E-state index contributed by atoms with van der Waals surface area (Å²) in [4.78, 5) is 9.31. The fraction of sp³-hybridized carbons (Fsp3) is 0.107. The number of nitrogens with zero attached hydrogens (tertiary/aromatic N) is 3. The van der Waals surface area contributed by atoms with E-state index >= 15 is 0 Å². The lowest BCUT2D eigenvalue weighted by Crippen LogP contribution is -2.12. The number of dihydropyridines is 1. The van der Waals surface area contributed by atoms with E-state index in [0.717, 1.165) is 22.5 Å². The van der Waals surface area contributed by atoms with Crippen molar-refractivity contribution in [3.8, 4) is 17.3 Å². The van der Waals surface area contributed by atoms with Crippen molar-refractivity contribution in [2.24, 2.45) is 10.9 Å². The van der Waals surface area contributed by atoms with E-state index in [1.807, 2.05) is 18.2 Å². The zero-order valence-electron chi connectivity index (χ0n) is 17.1. The molecule has 0 amide bonds. The first-order valence-corrected chi connectivity index (χ1v) is 10.5. The quantitative estimate of drug-likeness (QED) is 0.313. The Morgan fingerprint density at radius 1 is 0.806 bits per heavy atom. The van der Waals surface area contributed by atoms with Gasteiger partial charge in [0.25, 0.3) is 0 Å². The highest BCUT2D eigenvalue weighted by molar-refractivity contribution is 6.23. The number of aliphatic imine (C=N–C) groups is 1. The second-order valence-corrected chi connectivity index (χ2v) is 8.25. The fourth-order valence-corrected chi connectivity index (χ4v) is 4.72. The summed E-state index contributed by atoms with van der Waals surface area (Å²) >= 11 is 0. The summed E-state index contributed by atoms with van der Waals surface area (Å²) in [5.74, 6) is 0.241. The van der Waals surface area contributed by atoms with Crippen LogP contribution in [0.1, 0.15) is 12.6 Å². The molecular formula is C28H19N3. The van der Waals surface area contributed by atoms with Gasteiger partial charge in [-0.1, -0.05) is 55.5 Å². The van der Waals surface area contributed by atoms with Crippen LogP contribution in [-0.2, 0) is 0 Å². The maximum Gasteiger partial charge on any atom is 0.135 e. The minimum atomic E-state index is 0.241. The van der Waals surface area contributed by atoms with Crippen LogP contribution in [0.25, 0.3) is 49.1 Å². The molecule has 0 aliphatic carbocycles. The van der Waals surface area contributed by atoms with Crippen LogP contribution in [0.2, 0.25) is 0 Å². The van der Waals surface area contributed by atoms with E-state index in [4.69, 9.17) is 4.98 Å². The van der Waals surface area contributed by atoms with E-state index in [-0.39, 0.29) is 5.92 Å². The molecule has 3 heteroatoms. The number of rotatable bonds is 2. The van der Waals surface area contributed by atoms with Gasteiger partial charge in [-0.2, -0.15) is 5.26 Å². The van der Waals surface area contributed by atoms with Crippen LogP contribution in [0, 0.1) is 17.2 Å². The molecule has 146 valence electrons. The smallest absolute Gasteiger partial charge is 0.135 e. The van der Waals surface area contributed by atoms with Crippen molar-refractivity contribution >= 4 is 43.6 Å². The molecule has 0 N–H and O–H groups in total. The summed E-state index contributed by atoms with van der Waals surface area (Å²) in [5.41, 5.74) is 4.51. The third-order valence-electron chi connectivity index (χ3n) is 6.28. The molecule has 0 spiro atoms. The van der Waals surface area contributed by atoms with Crippen molar-refractivity contribution in [2.75, 3.05) is 6.54 Å². The molecule has 31 heavy (non-hydrogen) atoms. The van der Waals surface area contributed by atoms with Gasteiger partial charge in [-0.25, -0.2) is 4.98 Å². The summed E-state index contributed by atoms with van der Waals surface area (Å²) < 4.78 is 0. The summed E-state index contributed by atoms with van der Waals surface area (Å²) in [6, 6.07) is 28.1. The van der Waals surface area contributed by atoms with E-state index in [9.17, 15) is 5.26 Å². The maximum absolute atomic E-state index is 9.26. The van der Waals surface area contributed by atoms with Gasteiger partial charge in [0.1, 0.15) is 11.8 Å². The monoisotopic (exact) mass is 397 g/mol. The van der Waals surface area contributed by atoms with Gasteiger partial charge >= 0.3 is 0 Å². The zero-order valence-corrected chi connectivity index (χ0v) is 17.1. The maximum atomic E-state index is 9.26. The lowest BCUT2D eigenvalue weighted by molar-refractivity contribution is 0.752. The third kappa shape index (κ3) is 2.80. The fourth-order valence-electron chi connectivity index (χ4n) is 4.72. The highest BCUT2D eigenvalue weighted by Gasteiger charge is 2.18. The number of hydrogen-bond acceptors (Lipinski definition) is 3. The normalized spacial score (nSPS) is 16.5. The molecule has 2 heterocycles. The summed E-state index contributed by atoms with van der Waals surface area (Å²) in [5, 5.41) is 16.9. The second kappa shape index (κ2) is 6.75. The number of pyridine rings is 1. The standard InChI is InChI=1S/C28H19N3/c1-17-16-30-23(15-29)14-24(17)26-7-3-6-25(31-26)22-12-20-10-8-18-4-2-5-19-9-11-21(13-22)28(20)27(18)19/h2-14,17H,16H2,1H3. The molecule has 0 saturated heterocycles. The number of benzene rings is 4. The first kappa shape index (κ1) is 17.8. The van der Waals surface area contributed by atoms with E-state index in [0.29, 0.717) is 12.3 Å². The molecule has 1 aliphatic rings. The molecule has 0 radical (unpaired) electrons. The van der Waals surface area contributed by atoms with E-state index in [1.165, 1.54) is 32.3 Å². The zero-order chi connectivity index (χ0) is 20.9. The topological polar surface area (TPSA) is 49.0 Å². The van der Waals surface area contributed by atoms with Crippen molar-refractivity contribution in [2.45, 2.75) is 6.92 Å². The van der Waals surface area contributed by atoms with E-state index in [1.54, 1.807) is 0 Å². The highest BCUT2D eigenvalue weighted by atomic mass is 14.8. The van der Waals surface area contributed by atoms with Gasteiger partial charge in [0, 0.05) is 18.0 Å². The molecule has 0 saturated carbocycles. The molecule has 1 unspecified atom stereocenters. The first-order chi connectivity index (χ1) is 15.2. The van der Waals surface area contributed by atoms with Crippen LogP contribution >= 0.6 is 0 Å². The average molecular weight is 397 g/mol. The van der Waals surface area contributed by atoms with Crippen LogP contribution in [0.5, 0.6) is 0 Å². The van der Waals surface area contributed by atoms with Crippen LogP contribution in [0.4, 0.5) is 0 Å². The Balaban J connectivity index is 1.53. The largest absolute Gasteiger partial charge is 0.274 e. The summed E-state index contributed by atoms with van der Waals surface area (Å²) in [6.07, 6.45) is 1.88. The van der Waals surface area contributed by atoms with E-state index < -0.39 is 0 Å². The van der Waals surface area contributed by atoms with Crippen molar-refractivity contribution in [3.05, 3.63) is 84.6 Å². The van der Waals surface area contributed by atoms with Crippen LogP contribution in [0.3, 0.4) is 0 Å². The molecule has 4 aromatic carbocycles. The minimum absolute atomic E-state index is 0.241. The van der Waals surface area contributed by atoms with Gasteiger partial charge in [-0.15, -0.1) is 0 Å². The summed E-state index contributed by atoms with van der Waals surface area (Å²) in [6.45, 7) is 2.76. The molecule has 0 bridgehead atoms. The Kier molecular flexibility index (Phi) is 3.88. The van der Waals surface area contributed by atoms with E-state index in [2.05, 4.69) is 78.6 Å². The van der Waals surface area contributed by atoms with Crippen molar-refractivity contribution in [1.82, 2.24) is 4.98 Å². The van der Waals surface area contributed by atoms with Gasteiger partial charge in [0.05, 0.1) is 11.4 Å². The Hall–Kier alpha value is -4.03. The number of allylic oxidation sites excluding steroid dienone is 1. The molecule has 3 nitrogen and oxygen atoms in total. The lowest BCUT2D eigenvalue weighted by atomic mass is 9.91. The molecule has 6 rings (SSSR count). The molecular weight excluding hydrogens is 378 g/mol. The van der Waals surface area contributed by atoms with Crippen LogP contribution in [-0.4, -0.2) is 17.2 Å². The van der Waals surface area contributed by atoms with Gasteiger partial charge < -0.3 is 0 Å². The van der Waals surface area contributed by atoms with Gasteiger partial charge in [0.2, 0.25) is 0 Å². The van der Waals surface area contributed by atoms with Gasteiger partial charge in [-0.3, -0.25) is 4.99 Å². The third-order valence-corrected chi connectivity index (χ3v) is 6.28. The van der Waals surface area contributed by atoms with Gasteiger partial charge in [0.15, 0.2) is 0 Å². The number of nitriles is 1. The van der Waals surface area contributed by atoms with Crippen molar-refractivity contribution in [1.29, 1.82) is 5.26 Å². The molecule has 1 atom stereocenters.